The molecule has 1 atom stereocenters. The zero-order chi connectivity index (χ0) is 25.9. The van der Waals surface area contributed by atoms with Crippen LogP contribution in [-0.2, 0) is 28.7 Å². The molecular weight excluding hydrogens is 475 g/mol. The van der Waals surface area contributed by atoms with Crippen LogP contribution in [0.4, 0.5) is 0 Å². The van der Waals surface area contributed by atoms with Gasteiger partial charge in [-0.05, 0) is 43.6 Å². The van der Waals surface area contributed by atoms with Gasteiger partial charge >= 0.3 is 11.9 Å². The van der Waals surface area contributed by atoms with Gasteiger partial charge in [-0.25, -0.2) is 4.79 Å². The van der Waals surface area contributed by atoms with Crippen LogP contribution in [0.25, 0.3) is 0 Å². The topological polar surface area (TPSA) is 86.7 Å². The van der Waals surface area contributed by atoms with E-state index in [0.29, 0.717) is 0 Å². The van der Waals surface area contributed by atoms with Crippen LogP contribution in [-0.4, -0.2) is 41.0 Å². The van der Waals surface area contributed by atoms with E-state index in [-0.39, 0.29) is 11.9 Å². The lowest BCUT2D eigenvalue weighted by Crippen LogP contribution is -2.54. The highest BCUT2D eigenvalue weighted by atomic mass is 31.2. The van der Waals surface area contributed by atoms with Crippen LogP contribution < -0.4 is 15.9 Å². The van der Waals surface area contributed by atoms with Crippen LogP contribution in [0.3, 0.4) is 0 Å². The summed E-state index contributed by atoms with van der Waals surface area (Å²) in [5.74, 6) is -4.65. The fourth-order valence-corrected chi connectivity index (χ4v) is 9.60. The van der Waals surface area contributed by atoms with Crippen LogP contribution in [0.2, 0.25) is 0 Å². The summed E-state index contributed by atoms with van der Waals surface area (Å²) in [5, 5.41) is 2.43. The van der Waals surface area contributed by atoms with Crippen molar-refractivity contribution in [2.24, 2.45) is 5.92 Å². The largest absolute Gasteiger partial charge is 0.465 e. The third kappa shape index (κ3) is 3.82. The van der Waals surface area contributed by atoms with Gasteiger partial charge in [0.1, 0.15) is 5.92 Å². The van der Waals surface area contributed by atoms with E-state index in [4.69, 9.17) is 9.47 Å². The predicted molar refractivity (Wildman–Crippen MR) is 140 cm³/mol. The summed E-state index contributed by atoms with van der Waals surface area (Å²) in [6.07, 6.45) is 0. The summed E-state index contributed by atoms with van der Waals surface area (Å²) in [6.45, 7) is 0.857. The van der Waals surface area contributed by atoms with Gasteiger partial charge in [0.15, 0.2) is 11.6 Å². The summed E-state index contributed by atoms with van der Waals surface area (Å²) in [6, 6.07) is 28.2. The molecule has 0 saturated carbocycles. The first-order valence-electron chi connectivity index (χ1n) is 11.7. The Labute approximate surface area is 210 Å². The molecule has 1 unspecified atom stereocenters. The number of ketones is 2. The number of hydrogen-bond donors (Lipinski definition) is 0. The molecule has 1 fully saturated rings. The lowest BCUT2D eigenvalue weighted by molar-refractivity contribution is -0.171. The highest BCUT2D eigenvalue weighted by molar-refractivity contribution is 7.96. The van der Waals surface area contributed by atoms with Gasteiger partial charge in [0.2, 0.25) is 5.60 Å². The van der Waals surface area contributed by atoms with Crippen LogP contribution >= 0.6 is 6.89 Å². The number of hydrogen-bond acceptors (Lipinski definition) is 6. The van der Waals surface area contributed by atoms with Crippen molar-refractivity contribution < 1.29 is 28.7 Å². The molecule has 0 aromatic heterocycles. The van der Waals surface area contributed by atoms with Gasteiger partial charge in [0.25, 0.3) is 0 Å². The van der Waals surface area contributed by atoms with Gasteiger partial charge < -0.3 is 9.47 Å². The third-order valence-electron chi connectivity index (χ3n) is 6.50. The molecule has 0 aliphatic carbocycles. The molecule has 0 amide bonds. The number of carbonyl (C=O) groups excluding carboxylic acids is 4. The Morgan fingerprint density at radius 3 is 1.50 bits per heavy atom. The fourth-order valence-electron chi connectivity index (χ4n) is 5.02. The number of benzene rings is 3. The number of Topliss-reactive ketones (excluding diaryl/α,β-unsaturated/α-hetero) is 2. The van der Waals surface area contributed by atoms with E-state index in [2.05, 4.69) is 0 Å². The van der Waals surface area contributed by atoms with Crippen molar-refractivity contribution in [3.8, 4) is 0 Å². The van der Waals surface area contributed by atoms with Crippen molar-refractivity contribution >= 4 is 51.6 Å². The minimum atomic E-state index is -3.11. The Bertz CT molecular complexity index is 1250. The van der Waals surface area contributed by atoms with Crippen molar-refractivity contribution in [3.05, 3.63) is 91.0 Å². The Balaban J connectivity index is 2.32. The highest BCUT2D eigenvalue weighted by Crippen LogP contribution is 2.52. The SMILES string of the molecule is CCOC(=O)C1C(=P(c2ccccc2)(c2ccccc2)c2ccccc2)C(=O)OC1(C(C)=O)C(C)=O. The molecule has 0 radical (unpaired) electrons. The lowest BCUT2D eigenvalue weighted by atomic mass is 9.81. The fraction of sp³-hybridized carbons (Fsp3) is 0.207. The smallest absolute Gasteiger partial charge is 0.337 e. The van der Waals surface area contributed by atoms with E-state index < -0.39 is 41.9 Å². The van der Waals surface area contributed by atoms with Crippen molar-refractivity contribution in [2.75, 3.05) is 6.61 Å². The first-order chi connectivity index (χ1) is 17.3. The Hall–Kier alpha value is -3.76. The molecule has 36 heavy (non-hydrogen) atoms. The number of ether oxygens (including phenoxy) is 2. The molecule has 0 bridgehead atoms. The van der Waals surface area contributed by atoms with E-state index in [1.807, 2.05) is 91.0 Å². The van der Waals surface area contributed by atoms with E-state index >= 15 is 0 Å². The van der Waals surface area contributed by atoms with Gasteiger partial charge in [0.05, 0.1) is 11.9 Å². The molecular formula is C29H27O6P. The van der Waals surface area contributed by atoms with E-state index in [9.17, 15) is 19.2 Å². The van der Waals surface area contributed by atoms with E-state index in [1.165, 1.54) is 0 Å². The average Bonchev–Trinajstić information content (AvgIpc) is 3.21. The van der Waals surface area contributed by atoms with Gasteiger partial charge in [-0.2, -0.15) is 0 Å². The Morgan fingerprint density at radius 2 is 1.17 bits per heavy atom. The Morgan fingerprint density at radius 1 is 0.778 bits per heavy atom. The van der Waals surface area contributed by atoms with Crippen LogP contribution in [0.15, 0.2) is 91.0 Å². The quantitative estimate of drug-likeness (QED) is 0.281. The predicted octanol–water partition coefficient (Wildman–Crippen LogP) is 2.81. The standard InChI is InChI=1S/C29H27O6P/c1-4-34-27(32)25-26(28(33)35-29(25,20(2)30)21(3)31)36(22-14-8-5-9-15-22,23-16-10-6-11-17-23)24-18-12-7-13-19-24/h5-19,25H,4H2,1-3H3. The number of rotatable bonds is 7. The number of cyclic esters (lactones) is 1. The summed E-state index contributed by atoms with van der Waals surface area (Å²) in [4.78, 5) is 53.6. The molecule has 1 heterocycles. The highest BCUT2D eigenvalue weighted by Gasteiger charge is 2.65. The summed E-state index contributed by atoms with van der Waals surface area (Å²) in [5.41, 5.74) is -2.29. The third-order valence-corrected chi connectivity index (χ3v) is 10.9. The maximum absolute atomic E-state index is 13.9. The second-order valence-electron chi connectivity index (χ2n) is 8.49. The van der Waals surface area contributed by atoms with Crippen molar-refractivity contribution in [1.82, 2.24) is 0 Å². The van der Waals surface area contributed by atoms with Crippen molar-refractivity contribution in [3.63, 3.8) is 0 Å². The zero-order valence-electron chi connectivity index (χ0n) is 20.3. The molecule has 1 aliphatic heterocycles. The van der Waals surface area contributed by atoms with E-state index in [1.54, 1.807) is 6.92 Å². The molecule has 0 spiro atoms. The summed E-state index contributed by atoms with van der Waals surface area (Å²) < 4.78 is 11.1. The average molecular weight is 503 g/mol. The second-order valence-corrected chi connectivity index (χ2v) is 11.9. The van der Waals surface area contributed by atoms with E-state index in [0.717, 1.165) is 29.8 Å². The first kappa shape index (κ1) is 25.3. The molecule has 7 heteroatoms. The lowest BCUT2D eigenvalue weighted by Gasteiger charge is -2.33. The van der Waals surface area contributed by atoms with Gasteiger partial charge in [0, 0.05) is 0 Å². The normalized spacial score (nSPS) is 16.8. The van der Waals surface area contributed by atoms with Gasteiger partial charge in [-0.15, -0.1) is 0 Å². The van der Waals surface area contributed by atoms with Crippen molar-refractivity contribution in [2.45, 2.75) is 26.4 Å². The molecule has 3 aromatic rings. The van der Waals surface area contributed by atoms with Crippen LogP contribution in [0.5, 0.6) is 0 Å². The summed E-state index contributed by atoms with van der Waals surface area (Å²) in [7, 11) is 0. The van der Waals surface area contributed by atoms with Gasteiger partial charge in [-0.3, -0.25) is 14.4 Å². The molecule has 1 aliphatic rings. The van der Waals surface area contributed by atoms with Crippen molar-refractivity contribution in [1.29, 1.82) is 0 Å². The molecule has 3 aromatic carbocycles. The second kappa shape index (κ2) is 10.1. The number of esters is 2. The first-order valence-corrected chi connectivity index (χ1v) is 13.5. The monoisotopic (exact) mass is 502 g/mol. The molecule has 4 rings (SSSR count). The number of carbonyl (C=O) groups is 4. The minimum Gasteiger partial charge on any atom is -0.465 e. The molecule has 0 N–H and O–H groups in total. The van der Waals surface area contributed by atoms with Gasteiger partial charge in [-0.1, -0.05) is 91.0 Å². The maximum atomic E-state index is 13.9. The minimum absolute atomic E-state index is 0.0101. The Kier molecular flexibility index (Phi) is 7.09. The van der Waals surface area contributed by atoms with Crippen LogP contribution in [0, 0.1) is 5.92 Å². The summed E-state index contributed by atoms with van der Waals surface area (Å²) >= 11 is 0. The molecule has 6 nitrogen and oxygen atoms in total. The maximum Gasteiger partial charge on any atom is 0.337 e. The van der Waals surface area contributed by atoms with Crippen LogP contribution in [0.1, 0.15) is 20.8 Å². The molecule has 1 saturated heterocycles. The zero-order valence-corrected chi connectivity index (χ0v) is 21.2. The molecule has 184 valence electrons.